The van der Waals surface area contributed by atoms with Gasteiger partial charge in [-0.25, -0.2) is 0 Å². The smallest absolute Gasteiger partial charge is 0.0320 e. The molecular weight excluding hydrogens is 218 g/mol. The van der Waals surface area contributed by atoms with Gasteiger partial charge in [-0.3, -0.25) is 0 Å². The van der Waals surface area contributed by atoms with Crippen molar-refractivity contribution in [1.82, 2.24) is 5.32 Å². The average molecular weight is 247 g/mol. The summed E-state index contributed by atoms with van der Waals surface area (Å²) in [7, 11) is 2.06. The highest BCUT2D eigenvalue weighted by molar-refractivity contribution is 5.25. The molecule has 1 heteroatoms. The zero-order chi connectivity index (χ0) is 13.8. The first kappa shape index (κ1) is 15.2. The van der Waals surface area contributed by atoms with Gasteiger partial charge in [-0.1, -0.05) is 58.9 Å². The van der Waals surface area contributed by atoms with Gasteiger partial charge in [0.05, 0.1) is 0 Å². The van der Waals surface area contributed by atoms with Crippen LogP contribution in [0.3, 0.4) is 0 Å². The lowest BCUT2D eigenvalue weighted by Gasteiger charge is -2.31. The van der Waals surface area contributed by atoms with E-state index in [9.17, 15) is 0 Å². The second kappa shape index (κ2) is 6.38. The molecule has 0 aliphatic carbocycles. The van der Waals surface area contributed by atoms with Crippen LogP contribution in [-0.2, 0) is 6.42 Å². The topological polar surface area (TPSA) is 12.0 Å². The summed E-state index contributed by atoms with van der Waals surface area (Å²) in [5.41, 5.74) is 3.20. The van der Waals surface area contributed by atoms with Crippen LogP contribution in [0, 0.1) is 11.3 Å². The number of nitrogens with one attached hydrogen (secondary N) is 1. The molecule has 0 bridgehead atoms. The third-order valence-corrected chi connectivity index (χ3v) is 4.21. The molecule has 18 heavy (non-hydrogen) atoms. The summed E-state index contributed by atoms with van der Waals surface area (Å²) in [5, 5.41) is 3.46. The van der Waals surface area contributed by atoms with E-state index >= 15 is 0 Å². The summed E-state index contributed by atoms with van der Waals surface area (Å²) >= 11 is 0. The van der Waals surface area contributed by atoms with Gasteiger partial charge in [0.15, 0.2) is 0 Å². The van der Waals surface area contributed by atoms with Crippen molar-refractivity contribution < 1.29 is 0 Å². The third kappa shape index (κ3) is 4.13. The van der Waals surface area contributed by atoms with E-state index in [1.807, 2.05) is 0 Å². The van der Waals surface area contributed by atoms with Crippen LogP contribution in [0.25, 0.3) is 0 Å². The molecule has 0 saturated carbocycles. The minimum absolute atomic E-state index is 0.373. The second-order valence-corrected chi connectivity index (χ2v) is 6.44. The third-order valence-electron chi connectivity index (χ3n) is 4.21. The van der Waals surface area contributed by atoms with Crippen molar-refractivity contribution in [3.05, 3.63) is 35.4 Å². The van der Waals surface area contributed by atoms with E-state index < -0.39 is 0 Å². The Balaban J connectivity index is 2.76. The van der Waals surface area contributed by atoms with E-state index in [4.69, 9.17) is 0 Å². The fraction of sp³-hybridized carbons (Fsp3) is 0.647. The Labute approximate surface area is 113 Å². The molecule has 0 aromatic heterocycles. The average Bonchev–Trinajstić information content (AvgIpc) is 2.34. The van der Waals surface area contributed by atoms with Crippen LogP contribution in [0.2, 0.25) is 0 Å². The lowest BCUT2D eigenvalue weighted by molar-refractivity contribution is 0.226. The summed E-state index contributed by atoms with van der Waals surface area (Å²) in [6.45, 7) is 11.5. The number of hydrogen-bond donors (Lipinski definition) is 1. The molecule has 0 spiro atoms. The molecule has 2 unspecified atom stereocenters. The van der Waals surface area contributed by atoms with Crippen LogP contribution in [0.1, 0.15) is 58.2 Å². The highest BCUT2D eigenvalue weighted by atomic mass is 14.9. The van der Waals surface area contributed by atoms with Crippen LogP contribution < -0.4 is 5.32 Å². The minimum atomic E-state index is 0.373. The molecule has 102 valence electrons. The van der Waals surface area contributed by atoms with Gasteiger partial charge >= 0.3 is 0 Å². The molecule has 1 aromatic rings. The maximum absolute atomic E-state index is 3.46. The molecule has 2 atom stereocenters. The molecular formula is C17H29N. The highest BCUT2D eigenvalue weighted by Gasteiger charge is 2.23. The molecule has 0 aliphatic heterocycles. The minimum Gasteiger partial charge on any atom is -0.313 e. The Morgan fingerprint density at radius 2 is 1.67 bits per heavy atom. The molecule has 1 rings (SSSR count). The molecule has 1 nitrogen and oxygen atoms in total. The maximum atomic E-state index is 3.46. The van der Waals surface area contributed by atoms with Crippen molar-refractivity contribution in [1.29, 1.82) is 0 Å². The van der Waals surface area contributed by atoms with Crippen LogP contribution in [0.4, 0.5) is 0 Å². The van der Waals surface area contributed by atoms with Crippen molar-refractivity contribution in [2.75, 3.05) is 7.05 Å². The Bertz CT molecular complexity index is 345. The molecule has 0 radical (unpaired) electrons. The van der Waals surface area contributed by atoms with Gasteiger partial charge in [0.1, 0.15) is 0 Å². The standard InChI is InChI=1S/C17H29N/c1-7-14-8-10-15(11-9-14)16(18-6)12-13(2)17(3,4)5/h8-11,13,16,18H,7,12H2,1-6H3. The second-order valence-electron chi connectivity index (χ2n) is 6.44. The Hall–Kier alpha value is -0.820. The van der Waals surface area contributed by atoms with Gasteiger partial charge in [-0.15, -0.1) is 0 Å². The zero-order valence-corrected chi connectivity index (χ0v) is 12.9. The van der Waals surface area contributed by atoms with Gasteiger partial charge in [-0.2, -0.15) is 0 Å². The first-order valence-corrected chi connectivity index (χ1v) is 7.14. The molecule has 0 amide bonds. The van der Waals surface area contributed by atoms with Crippen molar-refractivity contribution in [2.45, 2.75) is 53.5 Å². The molecule has 1 aromatic carbocycles. The van der Waals surface area contributed by atoms with Crippen molar-refractivity contribution in [3.63, 3.8) is 0 Å². The Kier molecular flexibility index (Phi) is 5.40. The normalized spacial score (nSPS) is 15.4. The first-order valence-electron chi connectivity index (χ1n) is 7.14. The molecule has 0 fully saturated rings. The van der Waals surface area contributed by atoms with Gasteiger partial charge in [0.2, 0.25) is 0 Å². The van der Waals surface area contributed by atoms with E-state index in [2.05, 4.69) is 71.2 Å². The monoisotopic (exact) mass is 247 g/mol. The van der Waals surface area contributed by atoms with E-state index in [1.165, 1.54) is 17.5 Å². The largest absolute Gasteiger partial charge is 0.313 e. The molecule has 1 N–H and O–H groups in total. The number of benzene rings is 1. The highest BCUT2D eigenvalue weighted by Crippen LogP contribution is 2.33. The van der Waals surface area contributed by atoms with Crippen molar-refractivity contribution in [2.24, 2.45) is 11.3 Å². The number of rotatable bonds is 5. The van der Waals surface area contributed by atoms with E-state index in [0.717, 1.165) is 6.42 Å². The predicted octanol–water partition coefficient (Wildman–Crippen LogP) is 4.58. The first-order chi connectivity index (χ1) is 8.38. The fourth-order valence-electron chi connectivity index (χ4n) is 2.11. The fourth-order valence-corrected chi connectivity index (χ4v) is 2.11. The summed E-state index contributed by atoms with van der Waals surface area (Å²) in [6.07, 6.45) is 2.30. The lowest BCUT2D eigenvalue weighted by atomic mass is 9.77. The summed E-state index contributed by atoms with van der Waals surface area (Å²) < 4.78 is 0. The van der Waals surface area contributed by atoms with Crippen LogP contribution in [0.5, 0.6) is 0 Å². The number of hydrogen-bond acceptors (Lipinski definition) is 1. The quantitative estimate of drug-likeness (QED) is 0.803. The SMILES string of the molecule is CCc1ccc(C(CC(C)C(C)(C)C)NC)cc1. The van der Waals surface area contributed by atoms with Gasteiger partial charge in [0, 0.05) is 6.04 Å². The summed E-state index contributed by atoms with van der Waals surface area (Å²) in [4.78, 5) is 0. The maximum Gasteiger partial charge on any atom is 0.0320 e. The lowest BCUT2D eigenvalue weighted by Crippen LogP contribution is -2.25. The number of aryl methyl sites for hydroxylation is 1. The van der Waals surface area contributed by atoms with Gasteiger partial charge in [0.25, 0.3) is 0 Å². The van der Waals surface area contributed by atoms with Crippen LogP contribution in [-0.4, -0.2) is 7.05 Å². The van der Waals surface area contributed by atoms with Crippen LogP contribution in [0.15, 0.2) is 24.3 Å². The van der Waals surface area contributed by atoms with Crippen LogP contribution >= 0.6 is 0 Å². The van der Waals surface area contributed by atoms with E-state index in [1.54, 1.807) is 0 Å². The van der Waals surface area contributed by atoms with Crippen molar-refractivity contribution in [3.8, 4) is 0 Å². The Morgan fingerprint density at radius 3 is 2.06 bits per heavy atom. The molecule has 0 saturated heterocycles. The van der Waals surface area contributed by atoms with E-state index in [0.29, 0.717) is 17.4 Å². The zero-order valence-electron chi connectivity index (χ0n) is 12.9. The predicted molar refractivity (Wildman–Crippen MR) is 80.9 cm³/mol. The molecule has 0 aliphatic rings. The molecule has 0 heterocycles. The van der Waals surface area contributed by atoms with Gasteiger partial charge in [-0.05, 0) is 42.3 Å². The summed E-state index contributed by atoms with van der Waals surface area (Å²) in [5.74, 6) is 0.695. The van der Waals surface area contributed by atoms with Crippen molar-refractivity contribution >= 4 is 0 Å². The Morgan fingerprint density at radius 1 is 1.11 bits per heavy atom. The summed E-state index contributed by atoms with van der Waals surface area (Å²) in [6, 6.07) is 9.51. The van der Waals surface area contributed by atoms with E-state index in [-0.39, 0.29) is 0 Å². The van der Waals surface area contributed by atoms with Gasteiger partial charge < -0.3 is 5.32 Å².